The lowest BCUT2D eigenvalue weighted by molar-refractivity contribution is 0.506. The lowest BCUT2D eigenvalue weighted by atomic mass is 9.95. The Morgan fingerprint density at radius 1 is 0.514 bits per heavy atom. The van der Waals surface area contributed by atoms with E-state index in [1.54, 1.807) is 0 Å². The van der Waals surface area contributed by atoms with Gasteiger partial charge in [-0.15, -0.1) is 11.8 Å². The summed E-state index contributed by atoms with van der Waals surface area (Å²) in [6.45, 7) is 0. The average Bonchev–Trinajstić information content (AvgIpc) is 4.15. The molecule has 350 valence electrons. The molecule has 2 aliphatic rings. The van der Waals surface area contributed by atoms with Gasteiger partial charge in [-0.05, 0) is 85.6 Å². The normalized spacial score (nSPS) is 15.6. The number of anilines is 1. The minimum atomic E-state index is -0.382. The Morgan fingerprint density at radius 2 is 1.15 bits per heavy atom. The van der Waals surface area contributed by atoms with Crippen molar-refractivity contribution in [3.8, 4) is 11.1 Å². The number of aliphatic imine (C=N–C) groups is 1. The Kier molecular flexibility index (Phi) is 9.75. The molecule has 2 aromatic heterocycles. The molecule has 0 spiro atoms. The summed E-state index contributed by atoms with van der Waals surface area (Å²) in [5, 5.41) is 25.5. The van der Waals surface area contributed by atoms with E-state index < -0.39 is 0 Å². The molecule has 3 N–H and O–H groups in total. The van der Waals surface area contributed by atoms with Crippen molar-refractivity contribution >= 4 is 110 Å². The fourth-order valence-corrected chi connectivity index (χ4v) is 13.2. The molecule has 7 heteroatoms. The molecular formula is C67H46N6S. The van der Waals surface area contributed by atoms with Crippen LogP contribution in [0.4, 0.5) is 5.69 Å². The van der Waals surface area contributed by atoms with Crippen molar-refractivity contribution in [1.29, 1.82) is 5.41 Å². The number of benzene rings is 11. The van der Waals surface area contributed by atoms with Crippen LogP contribution >= 0.6 is 11.8 Å². The summed E-state index contributed by atoms with van der Waals surface area (Å²) in [7, 11) is 0. The molecule has 15 rings (SSSR count). The van der Waals surface area contributed by atoms with Gasteiger partial charge in [0, 0.05) is 49.7 Å². The van der Waals surface area contributed by atoms with E-state index in [1.807, 2.05) is 42.1 Å². The highest BCUT2D eigenvalue weighted by Crippen LogP contribution is 2.51. The SMILES string of the molecule is N=C(c1ccccc1)c1ccc2ccccc2c1Nn1c2cccc(-c3ccc4c(c3)c3cc5ccccc5cc3n4C3N=C4CC(c5ccccc5)SC4=C(c4ccccc4)N3)c2c2c3ccccc3ccc21. The quantitative estimate of drug-likeness (QED) is 0.133. The highest BCUT2D eigenvalue weighted by molar-refractivity contribution is 8.05. The van der Waals surface area contributed by atoms with Gasteiger partial charge in [-0.1, -0.05) is 200 Å². The summed E-state index contributed by atoms with van der Waals surface area (Å²) in [6.07, 6.45) is 0.480. The molecule has 2 unspecified atom stereocenters. The van der Waals surface area contributed by atoms with Crippen LogP contribution in [-0.2, 0) is 0 Å². The molecule has 0 aliphatic carbocycles. The Balaban J connectivity index is 0.939. The Morgan fingerprint density at radius 3 is 1.95 bits per heavy atom. The second kappa shape index (κ2) is 17.0. The van der Waals surface area contributed by atoms with E-state index in [0.717, 1.165) is 89.6 Å². The molecule has 13 aromatic rings. The number of thioether (sulfide) groups is 1. The summed E-state index contributed by atoms with van der Waals surface area (Å²) in [6, 6.07) is 84.7. The zero-order valence-electron chi connectivity index (χ0n) is 40.1. The van der Waals surface area contributed by atoms with Gasteiger partial charge in [-0.3, -0.25) is 15.5 Å². The first-order valence-corrected chi connectivity index (χ1v) is 26.2. The first-order valence-electron chi connectivity index (χ1n) is 25.3. The van der Waals surface area contributed by atoms with Crippen LogP contribution in [0, 0.1) is 5.41 Å². The van der Waals surface area contributed by atoms with Crippen LogP contribution in [0.5, 0.6) is 0 Å². The third-order valence-corrected chi connectivity index (χ3v) is 16.7. The molecule has 74 heavy (non-hydrogen) atoms. The maximum absolute atomic E-state index is 9.59. The van der Waals surface area contributed by atoms with E-state index in [1.165, 1.54) is 48.2 Å². The lowest BCUT2D eigenvalue weighted by Gasteiger charge is -2.28. The summed E-state index contributed by atoms with van der Waals surface area (Å²) in [4.78, 5) is 6.89. The zero-order valence-corrected chi connectivity index (χ0v) is 40.9. The Labute approximate surface area is 431 Å². The molecule has 0 radical (unpaired) electrons. The Bertz CT molecular complexity index is 4510. The van der Waals surface area contributed by atoms with Crippen molar-refractivity contribution in [2.45, 2.75) is 18.0 Å². The van der Waals surface area contributed by atoms with Gasteiger partial charge < -0.3 is 9.88 Å². The molecule has 1 saturated heterocycles. The van der Waals surface area contributed by atoms with E-state index in [0.29, 0.717) is 5.71 Å². The first-order chi connectivity index (χ1) is 36.6. The van der Waals surface area contributed by atoms with Crippen molar-refractivity contribution in [3.05, 3.63) is 264 Å². The number of rotatable bonds is 8. The number of hydrogen-bond acceptors (Lipinski definition) is 5. The highest BCUT2D eigenvalue weighted by atomic mass is 32.2. The van der Waals surface area contributed by atoms with Crippen LogP contribution in [0.3, 0.4) is 0 Å². The van der Waals surface area contributed by atoms with Gasteiger partial charge >= 0.3 is 0 Å². The van der Waals surface area contributed by atoms with Crippen molar-refractivity contribution in [2.75, 3.05) is 5.43 Å². The maximum Gasteiger partial charge on any atom is 0.201 e. The van der Waals surface area contributed by atoms with E-state index in [-0.39, 0.29) is 11.5 Å². The van der Waals surface area contributed by atoms with Gasteiger partial charge in [-0.2, -0.15) is 0 Å². The Hall–Kier alpha value is -9.17. The fourth-order valence-electron chi connectivity index (χ4n) is 11.8. The molecule has 2 atom stereocenters. The van der Waals surface area contributed by atoms with E-state index in [2.05, 4.69) is 226 Å². The predicted molar refractivity (Wildman–Crippen MR) is 313 cm³/mol. The molecule has 0 amide bonds. The second-order valence-corrected chi connectivity index (χ2v) is 20.7. The maximum atomic E-state index is 9.59. The van der Waals surface area contributed by atoms with Crippen LogP contribution in [0.1, 0.15) is 40.2 Å². The summed E-state index contributed by atoms with van der Waals surface area (Å²) < 4.78 is 4.69. The zero-order chi connectivity index (χ0) is 48.9. The van der Waals surface area contributed by atoms with E-state index in [9.17, 15) is 5.41 Å². The van der Waals surface area contributed by atoms with Crippen LogP contribution < -0.4 is 10.7 Å². The molecular weight excluding hydrogens is 921 g/mol. The number of nitrogens with one attached hydrogen (secondary N) is 3. The van der Waals surface area contributed by atoms with Gasteiger partial charge in [0.1, 0.15) is 0 Å². The third-order valence-electron chi connectivity index (χ3n) is 15.3. The van der Waals surface area contributed by atoms with Gasteiger partial charge in [0.2, 0.25) is 6.29 Å². The molecule has 0 bridgehead atoms. The molecule has 4 heterocycles. The summed E-state index contributed by atoms with van der Waals surface area (Å²) in [5.74, 6) is 0. The van der Waals surface area contributed by atoms with Gasteiger partial charge in [0.25, 0.3) is 0 Å². The van der Waals surface area contributed by atoms with Crippen LogP contribution in [0.15, 0.2) is 246 Å². The monoisotopic (exact) mass is 966 g/mol. The van der Waals surface area contributed by atoms with Gasteiger partial charge in [0.05, 0.1) is 49.8 Å². The third kappa shape index (κ3) is 6.74. The highest BCUT2D eigenvalue weighted by Gasteiger charge is 2.36. The molecule has 2 aliphatic heterocycles. The number of fused-ring (bicyclic) bond motifs is 11. The summed E-state index contributed by atoms with van der Waals surface area (Å²) >= 11 is 1.93. The van der Waals surface area contributed by atoms with Crippen molar-refractivity contribution < 1.29 is 0 Å². The molecule has 11 aromatic carbocycles. The van der Waals surface area contributed by atoms with Crippen molar-refractivity contribution in [2.24, 2.45) is 4.99 Å². The predicted octanol–water partition coefficient (Wildman–Crippen LogP) is 17.1. The second-order valence-electron chi connectivity index (χ2n) is 19.5. The molecule has 6 nitrogen and oxygen atoms in total. The smallest absolute Gasteiger partial charge is 0.201 e. The van der Waals surface area contributed by atoms with Crippen LogP contribution in [-0.4, -0.2) is 20.7 Å². The number of nitrogens with zero attached hydrogens (tertiary/aromatic N) is 3. The van der Waals surface area contributed by atoms with Gasteiger partial charge in [-0.25, -0.2) is 4.99 Å². The first kappa shape index (κ1) is 42.5. The number of hydrogen-bond donors (Lipinski definition) is 3. The van der Waals surface area contributed by atoms with Crippen LogP contribution in [0.25, 0.3) is 92.8 Å². The molecule has 1 fully saturated rings. The minimum absolute atomic E-state index is 0.284. The minimum Gasteiger partial charge on any atom is -0.345 e. The van der Waals surface area contributed by atoms with Crippen molar-refractivity contribution in [1.82, 2.24) is 14.6 Å². The fraction of sp³-hybridized carbons (Fsp3) is 0.0448. The number of aromatic nitrogens is 2. The average molecular weight is 967 g/mol. The molecule has 0 saturated carbocycles. The van der Waals surface area contributed by atoms with E-state index >= 15 is 0 Å². The number of allylic oxidation sites excluding steroid dienone is 1. The summed E-state index contributed by atoms with van der Waals surface area (Å²) in [5.41, 5.74) is 18.4. The van der Waals surface area contributed by atoms with Crippen LogP contribution in [0.2, 0.25) is 0 Å². The topological polar surface area (TPSA) is 70.1 Å². The lowest BCUT2D eigenvalue weighted by Crippen LogP contribution is -2.29. The van der Waals surface area contributed by atoms with Gasteiger partial charge in [0.15, 0.2) is 0 Å². The van der Waals surface area contributed by atoms with Crippen molar-refractivity contribution in [3.63, 3.8) is 0 Å². The van der Waals surface area contributed by atoms with E-state index in [4.69, 9.17) is 4.99 Å². The largest absolute Gasteiger partial charge is 0.345 e. The standard InChI is InChI=1S/C67H46N6S/c68-63(44-21-6-2-7-22-44)52-34-31-42-18-13-15-28-51(42)65(52)71-73-57-30-16-29-50(62(57)61-49-27-14-12-17-41(49)32-36-58(61)73)48-33-35-56-53(38-48)54-37-46-25-10-11-26-47(46)39-59(54)72(56)67-69-55-40-60(43-19-4-1-5-20-43)74-66(55)64(70-67)45-23-8-3-9-24-45/h1-39,60,67-68,70-71H,40H2.